The van der Waals surface area contributed by atoms with E-state index in [2.05, 4.69) is 46.2 Å². The van der Waals surface area contributed by atoms with Gasteiger partial charge in [-0.25, -0.2) is 19.3 Å². The molecule has 0 saturated heterocycles. The monoisotopic (exact) mass is 1370 g/mol. The molecule has 6 aromatic heterocycles. The fraction of sp³-hybridized carbons (Fsp3) is 0.373. The molecule has 28 nitrogen and oxygen atoms in total. The molecule has 97 heavy (non-hydrogen) atoms. The van der Waals surface area contributed by atoms with Gasteiger partial charge in [0, 0.05) is 91.6 Å². The van der Waals surface area contributed by atoms with Gasteiger partial charge in [-0.3, -0.25) is 19.2 Å². The number of nitrogens with one attached hydrogen (secondary N) is 3. The van der Waals surface area contributed by atoms with Crippen LogP contribution in [0.2, 0.25) is 0 Å². The number of ether oxygens (including phenoxy) is 8. The Kier molecular flexibility index (Phi) is 23.6. The van der Waals surface area contributed by atoms with E-state index in [0.29, 0.717) is 175 Å². The molecule has 4 amide bonds. The Balaban J connectivity index is 0.000000197. The minimum absolute atomic E-state index is 0.0924. The van der Waals surface area contributed by atoms with Crippen molar-refractivity contribution in [2.24, 2.45) is 0 Å². The second-order valence-electron chi connectivity index (χ2n) is 22.7. The van der Waals surface area contributed by atoms with Gasteiger partial charge in [0.15, 0.2) is 11.4 Å². The highest BCUT2D eigenvalue weighted by molar-refractivity contribution is 6.20. The maximum absolute atomic E-state index is 13.9. The van der Waals surface area contributed by atoms with Crippen LogP contribution < -0.4 is 20.4 Å². The number of amides is 4. The number of phenols is 2. The molecule has 2 atom stereocenters. The number of H-pyrrole nitrogens is 1. The number of carbonyl (C=O) groups excluding carboxylic acids is 4. The molecule has 0 bridgehead atoms. The summed E-state index contributed by atoms with van der Waals surface area (Å²) < 4.78 is 47.2. The number of imidazole rings is 1. The lowest BCUT2D eigenvalue weighted by molar-refractivity contribution is 0.00244. The zero-order valence-electron chi connectivity index (χ0n) is 53.7. The van der Waals surface area contributed by atoms with Crippen LogP contribution in [0.1, 0.15) is 70.5 Å². The Morgan fingerprint density at radius 3 is 1.72 bits per heavy atom. The van der Waals surface area contributed by atoms with Gasteiger partial charge in [0.25, 0.3) is 23.6 Å². The summed E-state index contributed by atoms with van der Waals surface area (Å²) in [5.74, 6) is -0.536. The topological polar surface area (TPSA) is 321 Å². The predicted molar refractivity (Wildman–Crippen MR) is 362 cm³/mol. The summed E-state index contributed by atoms with van der Waals surface area (Å²) in [5, 5.41) is 47.0. The quantitative estimate of drug-likeness (QED) is 0.0197. The van der Waals surface area contributed by atoms with Gasteiger partial charge in [0.05, 0.1) is 147 Å². The maximum atomic E-state index is 13.9. The lowest BCUT2D eigenvalue weighted by atomic mass is 9.92. The first kappa shape index (κ1) is 69.2. The lowest BCUT2D eigenvalue weighted by Gasteiger charge is -2.18. The van der Waals surface area contributed by atoms with E-state index in [1.54, 1.807) is 89.6 Å². The summed E-state index contributed by atoms with van der Waals surface area (Å²) in [4.78, 5) is 68.7. The summed E-state index contributed by atoms with van der Waals surface area (Å²) >= 11 is 12.7. The number of aromatic nitrogens is 10. The van der Waals surface area contributed by atoms with Crippen molar-refractivity contribution in [3.8, 4) is 11.5 Å². The molecule has 8 heterocycles. The third kappa shape index (κ3) is 16.6. The van der Waals surface area contributed by atoms with Crippen LogP contribution in [0, 0.1) is 6.92 Å². The second kappa shape index (κ2) is 33.2. The molecule has 0 radical (unpaired) electrons. The fourth-order valence-electron chi connectivity index (χ4n) is 11.5. The smallest absolute Gasteiger partial charge is 0.278 e. The van der Waals surface area contributed by atoms with Crippen molar-refractivity contribution in [3.63, 3.8) is 0 Å². The van der Waals surface area contributed by atoms with E-state index in [9.17, 15) is 29.4 Å². The van der Waals surface area contributed by atoms with Crippen molar-refractivity contribution in [3.05, 3.63) is 149 Å². The highest BCUT2D eigenvalue weighted by Gasteiger charge is 2.38. The van der Waals surface area contributed by atoms with Crippen LogP contribution in [0.25, 0.3) is 38.1 Å². The number of fused-ring (bicyclic) bond motifs is 8. The first-order chi connectivity index (χ1) is 47.3. The van der Waals surface area contributed by atoms with Gasteiger partial charge in [0.2, 0.25) is 0 Å². The number of pyridine rings is 2. The molecular formula is C67H74Cl2N14O14. The molecule has 12 rings (SSSR count). The fourth-order valence-corrected chi connectivity index (χ4v) is 12.0. The average Bonchev–Trinajstić information content (AvgIpc) is 1.64. The summed E-state index contributed by atoms with van der Waals surface area (Å²) in [6, 6.07) is 23.4. The summed E-state index contributed by atoms with van der Waals surface area (Å²) in [6.45, 7) is 10.2. The number of halogens is 2. The molecular weight excluding hydrogens is 1300 g/mol. The number of methoxy groups -OCH3 is 2. The van der Waals surface area contributed by atoms with Crippen LogP contribution >= 0.6 is 23.2 Å². The number of phenolic OH excluding ortho intramolecular Hbond substituents is 2. The highest BCUT2D eigenvalue weighted by atomic mass is 35.5. The van der Waals surface area contributed by atoms with Gasteiger partial charge in [-0.2, -0.15) is 0 Å². The number of benzene rings is 4. The number of anilines is 4. The van der Waals surface area contributed by atoms with Crippen LogP contribution in [0.4, 0.5) is 22.9 Å². The van der Waals surface area contributed by atoms with Crippen molar-refractivity contribution < 1.29 is 67.3 Å². The Bertz CT molecular complexity index is 4390. The predicted octanol–water partition coefficient (Wildman–Crippen LogP) is 7.97. The van der Waals surface area contributed by atoms with Gasteiger partial charge >= 0.3 is 0 Å². The number of hydrogen-bond acceptors (Lipinski definition) is 20. The van der Waals surface area contributed by atoms with Crippen molar-refractivity contribution in [1.82, 2.24) is 49.3 Å². The molecule has 0 fully saturated rings. The Morgan fingerprint density at radius 2 is 1.11 bits per heavy atom. The zero-order chi connectivity index (χ0) is 67.8. The number of aromatic amines is 1. The zero-order valence-corrected chi connectivity index (χ0v) is 55.2. The molecule has 2 aliphatic rings. The first-order valence-corrected chi connectivity index (χ1v) is 32.5. The molecule has 0 unspecified atom stereocenters. The number of rotatable bonds is 32. The number of alkyl halides is 2. The molecule has 10 aromatic rings. The van der Waals surface area contributed by atoms with Crippen molar-refractivity contribution >= 4 is 108 Å². The highest BCUT2D eigenvalue weighted by Crippen LogP contribution is 2.48. The molecule has 510 valence electrons. The van der Waals surface area contributed by atoms with E-state index in [1.165, 1.54) is 15.6 Å². The number of aromatic hydroxyl groups is 2. The van der Waals surface area contributed by atoms with Gasteiger partial charge in [-0.1, -0.05) is 52.9 Å². The van der Waals surface area contributed by atoms with E-state index < -0.39 is 11.8 Å². The molecule has 0 saturated carbocycles. The van der Waals surface area contributed by atoms with E-state index in [-0.39, 0.29) is 58.0 Å². The van der Waals surface area contributed by atoms with E-state index in [4.69, 9.17) is 61.1 Å². The van der Waals surface area contributed by atoms with Gasteiger partial charge in [0.1, 0.15) is 34.4 Å². The first-order valence-electron chi connectivity index (χ1n) is 31.4. The van der Waals surface area contributed by atoms with Crippen molar-refractivity contribution in [2.75, 3.05) is 152 Å². The third-order valence-electron chi connectivity index (χ3n) is 16.2. The van der Waals surface area contributed by atoms with Crippen molar-refractivity contribution in [1.29, 1.82) is 0 Å². The van der Waals surface area contributed by atoms with E-state index >= 15 is 0 Å². The van der Waals surface area contributed by atoms with Gasteiger partial charge in [-0.15, -0.1) is 33.4 Å². The molecule has 5 N–H and O–H groups in total. The Hall–Kier alpha value is -9.20. The lowest BCUT2D eigenvalue weighted by Crippen LogP contribution is -2.30. The Labute approximate surface area is 566 Å². The average molecular weight is 1370 g/mol. The van der Waals surface area contributed by atoms with Gasteiger partial charge in [-0.05, 0) is 58.7 Å². The minimum atomic E-state index is -0.477. The number of hydrogen-bond donors (Lipinski definition) is 5. The van der Waals surface area contributed by atoms with Crippen LogP contribution in [-0.2, 0) is 51.0 Å². The van der Waals surface area contributed by atoms with E-state index in [1.807, 2.05) is 49.4 Å². The summed E-state index contributed by atoms with van der Waals surface area (Å²) in [6.07, 6.45) is 7.91. The SMILES string of the molecule is COCCOCCOCCOCCn1cc(C(=O)Nc2cc3cc(C(=O)N4C[C@@H](CCl)c5c4cc(O)c4cccc(C)c54)[nH]c3cn2)nn1.COCCOCCOCCOCCn1cc(C(=O)Nc2ccc3nc(C(=O)N4C[C@@H](CCl)c5c4cc(O)c4ccccc54)cn3c2)nn1. The number of carbonyl (C=O) groups is 4. The van der Waals surface area contributed by atoms with Crippen LogP contribution in [0.5, 0.6) is 11.5 Å². The summed E-state index contributed by atoms with van der Waals surface area (Å²) in [7, 11) is 3.25. The van der Waals surface area contributed by atoms with Crippen LogP contribution in [0.15, 0.2) is 110 Å². The number of aryl methyl sites for hydroxylation is 1. The van der Waals surface area contributed by atoms with Crippen LogP contribution in [0.3, 0.4) is 0 Å². The maximum Gasteiger partial charge on any atom is 0.278 e. The minimum Gasteiger partial charge on any atom is -0.507 e. The second-order valence-corrected chi connectivity index (χ2v) is 23.3. The van der Waals surface area contributed by atoms with Gasteiger partial charge < -0.3 is 77.9 Å². The molecule has 0 aliphatic carbocycles. The normalized spacial score (nSPS) is 14.2. The summed E-state index contributed by atoms with van der Waals surface area (Å²) in [5.41, 5.74) is 6.62. The largest absolute Gasteiger partial charge is 0.507 e. The number of nitrogens with zero attached hydrogens (tertiary/aromatic N) is 11. The molecule has 0 spiro atoms. The molecule has 4 aromatic carbocycles. The van der Waals surface area contributed by atoms with Crippen LogP contribution in [-0.4, -0.2) is 215 Å². The third-order valence-corrected chi connectivity index (χ3v) is 17.0. The molecule has 2 aliphatic heterocycles. The standard InChI is InChI=1S/C34H38ClN7O7.C33H36ClN7O7/c1-21-4-3-5-24-29(43)16-28-32(31(21)24)23(17-35)19-42(28)34(45)25-14-22-15-30(36-18-26(22)37-25)38-33(44)27-20-41(40-39-27)6-7-47-10-11-49-13-12-48-9-8-46-2;1-45-10-11-47-14-15-48-13-12-46-9-8-40-21-26(37-38-40)32(43)35-23-6-7-30-36-27(20-39(30)19-23)33(44)41-18-22(17-34)31-25-5-3-2-4-24(25)29(42)16-28(31)41/h3-5,14-16,18,20,23,37,43H,6-13,17,19H2,1-2H3,(H,36,38,44);2-7,16,19-22,42H,8-15,17-18H2,1H3,(H,35,43)/t23-;22-/m11/s1. The Morgan fingerprint density at radius 1 is 0.577 bits per heavy atom. The molecule has 30 heteroatoms. The van der Waals surface area contributed by atoms with Crippen molar-refractivity contribution in [2.45, 2.75) is 31.8 Å². The van der Waals surface area contributed by atoms with E-state index in [0.717, 1.165) is 32.8 Å².